The van der Waals surface area contributed by atoms with E-state index in [0.717, 1.165) is 12.8 Å². The molecule has 0 bridgehead atoms. The standard InChI is InChI=1S/C20H34O4.H2O/c1-7-12(2)10-14(21)17-13(3)8-9-15-18(4,5)11-16(22)20(23,24)19(15,17)6;/h7,12-13,15-17,22-24H,1,8-11H2,2-6H3;1H2/t12-,13+,15+,16?,17-,19+;/m1./s1. The Morgan fingerprint density at radius 2 is 1.84 bits per heavy atom. The molecule has 0 aromatic carbocycles. The number of hydrogen-bond acceptors (Lipinski definition) is 4. The van der Waals surface area contributed by atoms with Gasteiger partial charge < -0.3 is 20.8 Å². The Balaban J connectivity index is 0.00000312. The van der Waals surface area contributed by atoms with Crippen LogP contribution in [0.5, 0.6) is 0 Å². The van der Waals surface area contributed by atoms with E-state index >= 15 is 0 Å². The van der Waals surface area contributed by atoms with E-state index in [1.54, 1.807) is 13.0 Å². The van der Waals surface area contributed by atoms with Crippen molar-refractivity contribution in [1.82, 2.24) is 0 Å². The number of aliphatic hydroxyl groups excluding tert-OH is 1. The lowest BCUT2D eigenvalue weighted by molar-refractivity contribution is -0.356. The summed E-state index contributed by atoms with van der Waals surface area (Å²) in [5, 5.41) is 32.2. The lowest BCUT2D eigenvalue weighted by atomic mass is 9.43. The third-order valence-electron chi connectivity index (χ3n) is 7.04. The van der Waals surface area contributed by atoms with Crippen LogP contribution in [0.4, 0.5) is 0 Å². The summed E-state index contributed by atoms with van der Waals surface area (Å²) in [6, 6.07) is 0. The Kier molecular flexibility index (Phi) is 6.33. The number of fused-ring (bicyclic) bond motifs is 1. The average molecular weight is 357 g/mol. The minimum absolute atomic E-state index is 0. The number of carbonyl (C=O) groups excluding carboxylic acids is 1. The first-order chi connectivity index (χ1) is 10.9. The van der Waals surface area contributed by atoms with Crippen LogP contribution >= 0.6 is 0 Å². The van der Waals surface area contributed by atoms with Crippen molar-refractivity contribution in [2.45, 2.75) is 72.2 Å². The second-order valence-corrected chi connectivity index (χ2v) is 9.19. The van der Waals surface area contributed by atoms with Crippen LogP contribution in [0.25, 0.3) is 0 Å². The van der Waals surface area contributed by atoms with Crippen molar-refractivity contribution in [3.05, 3.63) is 12.7 Å². The normalized spacial score (nSPS) is 40.3. The Morgan fingerprint density at radius 1 is 1.28 bits per heavy atom. The van der Waals surface area contributed by atoms with E-state index in [-0.39, 0.29) is 34.4 Å². The third kappa shape index (κ3) is 3.32. The number of carbonyl (C=O) groups is 1. The summed E-state index contributed by atoms with van der Waals surface area (Å²) < 4.78 is 0. The van der Waals surface area contributed by atoms with Gasteiger partial charge in [0.2, 0.25) is 0 Å². The Labute approximate surface area is 151 Å². The highest BCUT2D eigenvalue weighted by atomic mass is 16.5. The molecule has 0 amide bonds. The Hall–Kier alpha value is -0.750. The zero-order valence-electron chi connectivity index (χ0n) is 16.2. The quantitative estimate of drug-likeness (QED) is 0.529. The molecule has 0 heterocycles. The van der Waals surface area contributed by atoms with Crippen molar-refractivity contribution < 1.29 is 25.6 Å². The van der Waals surface area contributed by atoms with Crippen LogP contribution in [0.3, 0.4) is 0 Å². The van der Waals surface area contributed by atoms with E-state index in [9.17, 15) is 20.1 Å². The molecular formula is C20H36O5. The van der Waals surface area contributed by atoms with Gasteiger partial charge in [0.1, 0.15) is 11.9 Å². The zero-order valence-corrected chi connectivity index (χ0v) is 16.2. The molecule has 5 N–H and O–H groups in total. The van der Waals surface area contributed by atoms with Crippen LogP contribution < -0.4 is 0 Å². The molecule has 2 saturated carbocycles. The molecule has 5 nitrogen and oxygen atoms in total. The number of hydrogen-bond donors (Lipinski definition) is 3. The number of rotatable bonds is 4. The zero-order chi connectivity index (χ0) is 18.5. The first kappa shape index (κ1) is 22.3. The molecule has 6 atom stereocenters. The van der Waals surface area contributed by atoms with Gasteiger partial charge in [-0.2, -0.15) is 0 Å². The molecular weight excluding hydrogens is 320 g/mol. The van der Waals surface area contributed by atoms with E-state index in [1.165, 1.54) is 0 Å². The lowest BCUT2D eigenvalue weighted by Crippen LogP contribution is -2.71. The molecule has 2 fully saturated rings. The van der Waals surface area contributed by atoms with E-state index in [2.05, 4.69) is 20.4 Å². The molecule has 0 aliphatic heterocycles. The molecule has 146 valence electrons. The van der Waals surface area contributed by atoms with Gasteiger partial charge in [-0.25, -0.2) is 0 Å². The van der Waals surface area contributed by atoms with Gasteiger partial charge in [0.25, 0.3) is 0 Å². The van der Waals surface area contributed by atoms with E-state index in [0.29, 0.717) is 12.8 Å². The number of ketones is 1. The van der Waals surface area contributed by atoms with Gasteiger partial charge in [0.15, 0.2) is 5.79 Å². The van der Waals surface area contributed by atoms with E-state index < -0.39 is 23.2 Å². The maximum absolute atomic E-state index is 13.1. The minimum atomic E-state index is -2.25. The van der Waals surface area contributed by atoms with Crippen molar-refractivity contribution in [1.29, 1.82) is 0 Å². The molecule has 0 saturated heterocycles. The number of aliphatic hydroxyl groups is 3. The molecule has 2 rings (SSSR count). The first-order valence-corrected chi connectivity index (χ1v) is 9.17. The first-order valence-electron chi connectivity index (χ1n) is 9.17. The van der Waals surface area contributed by atoms with Gasteiger partial charge in [-0.1, -0.05) is 40.7 Å². The van der Waals surface area contributed by atoms with Crippen LogP contribution in [0.1, 0.15) is 60.3 Å². The highest BCUT2D eigenvalue weighted by molar-refractivity contribution is 5.83. The molecule has 0 radical (unpaired) electrons. The molecule has 2 aliphatic rings. The largest absolute Gasteiger partial charge is 0.412 e. The summed E-state index contributed by atoms with van der Waals surface area (Å²) in [5.41, 5.74) is -1.30. The highest BCUT2D eigenvalue weighted by Gasteiger charge is 2.68. The minimum Gasteiger partial charge on any atom is -0.412 e. The van der Waals surface area contributed by atoms with Crippen LogP contribution in [-0.4, -0.2) is 38.5 Å². The van der Waals surface area contributed by atoms with Gasteiger partial charge in [-0.15, -0.1) is 6.58 Å². The summed E-state index contributed by atoms with van der Waals surface area (Å²) in [7, 11) is 0. The molecule has 25 heavy (non-hydrogen) atoms. The predicted octanol–water partition coefficient (Wildman–Crippen LogP) is 2.08. The van der Waals surface area contributed by atoms with Crippen molar-refractivity contribution in [3.63, 3.8) is 0 Å². The Morgan fingerprint density at radius 3 is 2.36 bits per heavy atom. The fraction of sp³-hybridized carbons (Fsp3) is 0.850. The van der Waals surface area contributed by atoms with Gasteiger partial charge in [-0.05, 0) is 42.4 Å². The molecule has 0 aromatic heterocycles. The predicted molar refractivity (Wildman–Crippen MR) is 97.7 cm³/mol. The topological polar surface area (TPSA) is 109 Å². The van der Waals surface area contributed by atoms with Crippen molar-refractivity contribution >= 4 is 5.78 Å². The fourth-order valence-corrected chi connectivity index (χ4v) is 5.71. The van der Waals surface area contributed by atoms with Crippen LogP contribution in [0.15, 0.2) is 12.7 Å². The SMILES string of the molecule is C=C[C@@H](C)CC(=O)[C@H]1[C@@H](C)CC[C@H]2C(C)(C)CC(O)C(O)(O)[C@]12C.O. The van der Waals surface area contributed by atoms with E-state index in [4.69, 9.17) is 0 Å². The molecule has 0 spiro atoms. The molecule has 0 aromatic rings. The van der Waals surface area contributed by atoms with Crippen LogP contribution in [-0.2, 0) is 4.79 Å². The summed E-state index contributed by atoms with van der Waals surface area (Å²) in [5.74, 6) is -2.56. The number of Topliss-reactive ketones (excluding diaryl/α,β-unsaturated/α-hetero) is 1. The third-order valence-corrected chi connectivity index (χ3v) is 7.04. The maximum Gasteiger partial charge on any atom is 0.195 e. The Bertz CT molecular complexity index is 512. The smallest absolute Gasteiger partial charge is 0.195 e. The average Bonchev–Trinajstić information content (AvgIpc) is 2.44. The molecule has 2 aliphatic carbocycles. The molecule has 1 unspecified atom stereocenters. The molecule has 5 heteroatoms. The van der Waals surface area contributed by atoms with Crippen LogP contribution in [0, 0.1) is 34.5 Å². The summed E-state index contributed by atoms with van der Waals surface area (Å²) >= 11 is 0. The van der Waals surface area contributed by atoms with E-state index in [1.807, 2.05) is 13.8 Å². The fourth-order valence-electron chi connectivity index (χ4n) is 5.71. The van der Waals surface area contributed by atoms with Gasteiger partial charge in [0, 0.05) is 17.8 Å². The summed E-state index contributed by atoms with van der Waals surface area (Å²) in [4.78, 5) is 13.1. The second kappa shape index (κ2) is 7.10. The van der Waals surface area contributed by atoms with Gasteiger partial charge in [-0.3, -0.25) is 4.79 Å². The van der Waals surface area contributed by atoms with Gasteiger partial charge >= 0.3 is 0 Å². The summed E-state index contributed by atoms with van der Waals surface area (Å²) in [6.45, 7) is 13.7. The highest BCUT2D eigenvalue weighted by Crippen LogP contribution is 2.64. The second-order valence-electron chi connectivity index (χ2n) is 9.19. The summed E-state index contributed by atoms with van der Waals surface area (Å²) in [6.07, 6.45) is 2.95. The van der Waals surface area contributed by atoms with Crippen molar-refractivity contribution in [3.8, 4) is 0 Å². The maximum atomic E-state index is 13.1. The monoisotopic (exact) mass is 356 g/mol. The number of allylic oxidation sites excluding steroid dienone is 1. The van der Waals surface area contributed by atoms with Crippen molar-refractivity contribution in [2.75, 3.05) is 0 Å². The van der Waals surface area contributed by atoms with Crippen LogP contribution in [0.2, 0.25) is 0 Å². The van der Waals surface area contributed by atoms with Crippen molar-refractivity contribution in [2.24, 2.45) is 34.5 Å². The lowest BCUT2D eigenvalue weighted by Gasteiger charge is -2.64. The van der Waals surface area contributed by atoms with Gasteiger partial charge in [0.05, 0.1) is 0 Å².